The molecule has 0 aliphatic rings. The highest BCUT2D eigenvalue weighted by Crippen LogP contribution is 2.16. The first-order valence-corrected chi connectivity index (χ1v) is 6.39. The third-order valence-electron chi connectivity index (χ3n) is 2.93. The molecule has 20 heavy (non-hydrogen) atoms. The van der Waals surface area contributed by atoms with Crippen LogP contribution in [0.1, 0.15) is 12.0 Å². The first kappa shape index (κ1) is 16.8. The van der Waals surface area contributed by atoms with Crippen molar-refractivity contribution < 1.29 is 22.6 Å². The third kappa shape index (κ3) is 6.77. The van der Waals surface area contributed by atoms with Crippen LogP contribution in [0, 0.1) is 0 Å². The van der Waals surface area contributed by atoms with Crippen molar-refractivity contribution in [3.8, 4) is 5.75 Å². The third-order valence-corrected chi connectivity index (χ3v) is 2.93. The Kier molecular flexibility index (Phi) is 6.81. The van der Waals surface area contributed by atoms with Crippen molar-refractivity contribution in [2.45, 2.75) is 25.1 Å². The summed E-state index contributed by atoms with van der Waals surface area (Å²) < 4.78 is 45.7. The molecule has 114 valence electrons. The van der Waals surface area contributed by atoms with Crippen molar-refractivity contribution in [3.63, 3.8) is 0 Å². The number of alkyl halides is 3. The SMILES string of the molecule is CNC(CCc1ccc(OC)cc1)COCC(F)(F)F. The van der Waals surface area contributed by atoms with E-state index in [1.54, 1.807) is 14.2 Å². The van der Waals surface area contributed by atoms with E-state index >= 15 is 0 Å². The van der Waals surface area contributed by atoms with Gasteiger partial charge in [0.15, 0.2) is 0 Å². The average molecular weight is 291 g/mol. The zero-order valence-electron chi connectivity index (χ0n) is 11.7. The van der Waals surface area contributed by atoms with E-state index in [2.05, 4.69) is 10.1 Å². The molecule has 6 heteroatoms. The van der Waals surface area contributed by atoms with Crippen LogP contribution in [-0.2, 0) is 11.2 Å². The lowest BCUT2D eigenvalue weighted by Gasteiger charge is -2.17. The Balaban J connectivity index is 2.32. The van der Waals surface area contributed by atoms with E-state index < -0.39 is 12.8 Å². The molecule has 0 saturated carbocycles. The van der Waals surface area contributed by atoms with E-state index in [9.17, 15) is 13.2 Å². The molecule has 0 aromatic heterocycles. The lowest BCUT2D eigenvalue weighted by atomic mass is 10.1. The number of benzene rings is 1. The summed E-state index contributed by atoms with van der Waals surface area (Å²) in [7, 11) is 3.32. The van der Waals surface area contributed by atoms with Crippen LogP contribution in [0.2, 0.25) is 0 Å². The second-order valence-electron chi connectivity index (χ2n) is 4.50. The van der Waals surface area contributed by atoms with Gasteiger partial charge in [0.25, 0.3) is 0 Å². The molecule has 1 rings (SSSR count). The standard InChI is InChI=1S/C14H20F3NO2/c1-18-12(9-20-10-14(15,16)17)6-3-11-4-7-13(19-2)8-5-11/h4-5,7-8,12,18H,3,6,9-10H2,1-2H3. The van der Waals surface area contributed by atoms with E-state index in [1.165, 1.54) is 0 Å². The summed E-state index contributed by atoms with van der Waals surface area (Å²) in [5.41, 5.74) is 1.11. The quantitative estimate of drug-likeness (QED) is 0.799. The molecule has 1 aromatic rings. The summed E-state index contributed by atoms with van der Waals surface area (Å²) in [6, 6.07) is 7.53. The largest absolute Gasteiger partial charge is 0.497 e. The molecule has 0 saturated heterocycles. The number of hydrogen-bond acceptors (Lipinski definition) is 3. The summed E-state index contributed by atoms with van der Waals surface area (Å²) in [5, 5.41) is 2.96. The van der Waals surface area contributed by atoms with Gasteiger partial charge in [-0.3, -0.25) is 0 Å². The zero-order valence-corrected chi connectivity index (χ0v) is 11.7. The highest BCUT2D eigenvalue weighted by Gasteiger charge is 2.27. The van der Waals surface area contributed by atoms with Gasteiger partial charge in [-0.15, -0.1) is 0 Å². The summed E-state index contributed by atoms with van der Waals surface area (Å²) in [6.07, 6.45) is -2.79. The zero-order chi connectivity index (χ0) is 15.0. The molecule has 0 aliphatic carbocycles. The molecular formula is C14H20F3NO2. The Morgan fingerprint density at radius 1 is 1.20 bits per heavy atom. The van der Waals surface area contributed by atoms with Gasteiger partial charge in [0, 0.05) is 6.04 Å². The number of hydrogen-bond donors (Lipinski definition) is 1. The van der Waals surface area contributed by atoms with Crippen LogP contribution in [-0.4, -0.2) is 39.6 Å². The van der Waals surface area contributed by atoms with Gasteiger partial charge in [-0.1, -0.05) is 12.1 Å². The van der Waals surface area contributed by atoms with Crippen molar-refractivity contribution in [2.24, 2.45) is 0 Å². The Labute approximate surface area is 117 Å². The minimum Gasteiger partial charge on any atom is -0.497 e. The number of methoxy groups -OCH3 is 1. The lowest BCUT2D eigenvalue weighted by Crippen LogP contribution is -2.32. The van der Waals surface area contributed by atoms with Crippen LogP contribution in [0.15, 0.2) is 24.3 Å². The lowest BCUT2D eigenvalue weighted by molar-refractivity contribution is -0.175. The Bertz CT molecular complexity index is 379. The van der Waals surface area contributed by atoms with E-state index in [1.807, 2.05) is 24.3 Å². The molecule has 0 bridgehead atoms. The summed E-state index contributed by atoms with van der Waals surface area (Å²) in [6.45, 7) is -1.15. The predicted molar refractivity (Wildman–Crippen MR) is 71.0 cm³/mol. The van der Waals surface area contributed by atoms with E-state index in [4.69, 9.17) is 4.74 Å². The molecule has 1 atom stereocenters. The Hall–Kier alpha value is -1.27. The molecular weight excluding hydrogens is 271 g/mol. The number of rotatable bonds is 8. The van der Waals surface area contributed by atoms with Crippen LogP contribution < -0.4 is 10.1 Å². The number of likely N-dealkylation sites (N-methyl/N-ethyl adjacent to an activating group) is 1. The molecule has 1 N–H and O–H groups in total. The van der Waals surface area contributed by atoms with Gasteiger partial charge in [-0.05, 0) is 37.6 Å². The number of nitrogens with one attached hydrogen (secondary N) is 1. The van der Waals surface area contributed by atoms with Gasteiger partial charge >= 0.3 is 6.18 Å². The molecule has 0 spiro atoms. The van der Waals surface area contributed by atoms with Gasteiger partial charge in [0.05, 0.1) is 13.7 Å². The van der Waals surface area contributed by atoms with Crippen LogP contribution >= 0.6 is 0 Å². The highest BCUT2D eigenvalue weighted by atomic mass is 19.4. The second kappa shape index (κ2) is 8.11. The van der Waals surface area contributed by atoms with Crippen LogP contribution in [0.5, 0.6) is 5.75 Å². The molecule has 0 aliphatic heterocycles. The molecule has 0 radical (unpaired) electrons. The maximum atomic E-state index is 12.0. The minimum atomic E-state index is -4.27. The molecule has 0 amide bonds. The molecule has 0 fully saturated rings. The molecule has 1 aromatic carbocycles. The smallest absolute Gasteiger partial charge is 0.411 e. The van der Waals surface area contributed by atoms with Crippen molar-refractivity contribution in [1.82, 2.24) is 5.32 Å². The molecule has 1 unspecified atom stereocenters. The number of halogens is 3. The minimum absolute atomic E-state index is 0.0478. The fraction of sp³-hybridized carbons (Fsp3) is 0.571. The number of aryl methyl sites for hydroxylation is 1. The topological polar surface area (TPSA) is 30.5 Å². The highest BCUT2D eigenvalue weighted by molar-refractivity contribution is 5.27. The normalized spacial score (nSPS) is 13.2. The van der Waals surface area contributed by atoms with Gasteiger partial charge in [0.1, 0.15) is 12.4 Å². The van der Waals surface area contributed by atoms with Crippen molar-refractivity contribution in [1.29, 1.82) is 0 Å². The number of ether oxygens (including phenoxy) is 2. The second-order valence-corrected chi connectivity index (χ2v) is 4.50. The average Bonchev–Trinajstić information content (AvgIpc) is 2.42. The summed E-state index contributed by atoms with van der Waals surface area (Å²) in [4.78, 5) is 0. The Morgan fingerprint density at radius 2 is 1.85 bits per heavy atom. The van der Waals surface area contributed by atoms with E-state index in [0.29, 0.717) is 6.42 Å². The van der Waals surface area contributed by atoms with Gasteiger partial charge in [-0.2, -0.15) is 13.2 Å². The predicted octanol–water partition coefficient (Wildman–Crippen LogP) is 2.79. The maximum absolute atomic E-state index is 12.0. The van der Waals surface area contributed by atoms with Crippen molar-refractivity contribution in [3.05, 3.63) is 29.8 Å². The molecule has 3 nitrogen and oxygen atoms in total. The summed E-state index contributed by atoms with van der Waals surface area (Å²) in [5.74, 6) is 0.785. The Morgan fingerprint density at radius 3 is 2.35 bits per heavy atom. The van der Waals surface area contributed by atoms with E-state index in [0.717, 1.165) is 17.7 Å². The van der Waals surface area contributed by atoms with E-state index in [-0.39, 0.29) is 12.6 Å². The van der Waals surface area contributed by atoms with Crippen LogP contribution in [0.3, 0.4) is 0 Å². The van der Waals surface area contributed by atoms with Crippen molar-refractivity contribution in [2.75, 3.05) is 27.4 Å². The van der Waals surface area contributed by atoms with Crippen molar-refractivity contribution >= 4 is 0 Å². The first-order chi connectivity index (χ1) is 9.44. The summed E-state index contributed by atoms with van der Waals surface area (Å²) >= 11 is 0. The monoisotopic (exact) mass is 291 g/mol. The van der Waals surface area contributed by atoms with Gasteiger partial charge in [-0.25, -0.2) is 0 Å². The fourth-order valence-corrected chi connectivity index (χ4v) is 1.76. The molecule has 0 heterocycles. The van der Waals surface area contributed by atoms with Gasteiger partial charge < -0.3 is 14.8 Å². The first-order valence-electron chi connectivity index (χ1n) is 6.39. The van der Waals surface area contributed by atoms with Gasteiger partial charge in [0.2, 0.25) is 0 Å². The fourth-order valence-electron chi connectivity index (χ4n) is 1.76. The van der Waals surface area contributed by atoms with Crippen LogP contribution in [0.4, 0.5) is 13.2 Å². The van der Waals surface area contributed by atoms with Crippen LogP contribution in [0.25, 0.3) is 0 Å². The maximum Gasteiger partial charge on any atom is 0.411 e.